The van der Waals surface area contributed by atoms with Crippen molar-refractivity contribution in [3.63, 3.8) is 0 Å². The molecule has 3 aromatic rings. The molecule has 0 bridgehead atoms. The van der Waals surface area contributed by atoms with Gasteiger partial charge in [-0.2, -0.15) is 0 Å². The summed E-state index contributed by atoms with van der Waals surface area (Å²) in [5.41, 5.74) is 2.85. The van der Waals surface area contributed by atoms with E-state index in [1.165, 1.54) is 0 Å². The van der Waals surface area contributed by atoms with Gasteiger partial charge in [-0.05, 0) is 58.7 Å². The van der Waals surface area contributed by atoms with Crippen molar-refractivity contribution < 1.29 is 14.3 Å². The molecule has 0 unspecified atom stereocenters. The van der Waals surface area contributed by atoms with E-state index in [1.807, 2.05) is 72.8 Å². The molecule has 0 heterocycles. The van der Waals surface area contributed by atoms with Crippen LogP contribution in [0.1, 0.15) is 47.2 Å². The molecule has 1 saturated carbocycles. The summed E-state index contributed by atoms with van der Waals surface area (Å²) in [6.45, 7) is 0.898. The Morgan fingerprint density at radius 1 is 0.800 bits per heavy atom. The number of benzene rings is 3. The summed E-state index contributed by atoms with van der Waals surface area (Å²) >= 11 is 2.25. The van der Waals surface area contributed by atoms with Crippen LogP contribution in [-0.4, -0.2) is 5.78 Å². The number of halogens is 1. The molecule has 4 heteroatoms. The predicted molar refractivity (Wildman–Crippen MR) is 127 cm³/mol. The summed E-state index contributed by atoms with van der Waals surface area (Å²) in [4.78, 5) is 13.2. The maximum atomic E-state index is 13.2. The first-order chi connectivity index (χ1) is 14.7. The number of carbonyl (C=O) groups excluding carboxylic acids is 1. The van der Waals surface area contributed by atoms with Crippen LogP contribution in [0.25, 0.3) is 0 Å². The van der Waals surface area contributed by atoms with Gasteiger partial charge >= 0.3 is 0 Å². The van der Waals surface area contributed by atoms with Crippen molar-refractivity contribution in [2.75, 3.05) is 0 Å². The molecule has 0 atom stereocenters. The number of ether oxygens (including phenoxy) is 2. The monoisotopic (exact) mass is 512 g/mol. The van der Waals surface area contributed by atoms with Crippen LogP contribution in [0.4, 0.5) is 0 Å². The third kappa shape index (κ3) is 5.04. The first-order valence-electron chi connectivity index (χ1n) is 10.4. The summed E-state index contributed by atoms with van der Waals surface area (Å²) in [5, 5.41) is 0. The second-order valence-electron chi connectivity index (χ2n) is 7.65. The van der Waals surface area contributed by atoms with E-state index in [-0.39, 0.29) is 11.7 Å². The fourth-order valence-electron chi connectivity index (χ4n) is 3.86. The van der Waals surface area contributed by atoms with Crippen LogP contribution < -0.4 is 9.47 Å². The minimum atomic E-state index is 0.107. The summed E-state index contributed by atoms with van der Waals surface area (Å²) in [6.07, 6.45) is 4.21. The first-order valence-corrected chi connectivity index (χ1v) is 11.5. The van der Waals surface area contributed by atoms with Gasteiger partial charge in [0.25, 0.3) is 0 Å². The molecular weight excluding hydrogens is 487 g/mol. The highest BCUT2D eigenvalue weighted by Gasteiger charge is 2.28. The number of ketones is 1. The van der Waals surface area contributed by atoms with Crippen LogP contribution in [0.5, 0.6) is 11.5 Å². The first kappa shape index (κ1) is 20.9. The van der Waals surface area contributed by atoms with Gasteiger partial charge < -0.3 is 9.47 Å². The smallest absolute Gasteiger partial charge is 0.169 e. The highest BCUT2D eigenvalue weighted by Crippen LogP contribution is 2.38. The summed E-state index contributed by atoms with van der Waals surface area (Å²) in [5.74, 6) is 1.69. The summed E-state index contributed by atoms with van der Waals surface area (Å²) in [6, 6.07) is 23.9. The van der Waals surface area contributed by atoms with E-state index in [4.69, 9.17) is 9.47 Å². The molecule has 0 N–H and O–H groups in total. The Hall–Kier alpha value is -2.34. The van der Waals surface area contributed by atoms with Crippen LogP contribution in [-0.2, 0) is 13.2 Å². The molecule has 0 saturated heterocycles. The van der Waals surface area contributed by atoms with Crippen molar-refractivity contribution in [2.45, 2.75) is 38.9 Å². The van der Waals surface area contributed by atoms with Gasteiger partial charge in [0.1, 0.15) is 24.7 Å². The van der Waals surface area contributed by atoms with E-state index in [0.29, 0.717) is 24.5 Å². The largest absolute Gasteiger partial charge is 0.488 e. The molecule has 1 fully saturated rings. The van der Waals surface area contributed by atoms with E-state index in [9.17, 15) is 4.79 Å². The van der Waals surface area contributed by atoms with E-state index < -0.39 is 0 Å². The van der Waals surface area contributed by atoms with E-state index >= 15 is 0 Å². The molecule has 1 aliphatic carbocycles. The molecule has 1 aliphatic rings. The highest BCUT2D eigenvalue weighted by atomic mass is 127. The molecule has 154 valence electrons. The number of hydrogen-bond acceptors (Lipinski definition) is 3. The number of Topliss-reactive ketones (excluding diaryl/α,β-unsaturated/α-hetero) is 1. The molecule has 0 spiro atoms. The Kier molecular flexibility index (Phi) is 7.05. The number of carbonyl (C=O) groups is 1. The minimum absolute atomic E-state index is 0.107. The van der Waals surface area contributed by atoms with Gasteiger partial charge in [0.15, 0.2) is 5.78 Å². The molecule has 0 aliphatic heterocycles. The van der Waals surface area contributed by atoms with E-state index in [2.05, 4.69) is 22.6 Å². The zero-order valence-electron chi connectivity index (χ0n) is 16.9. The number of hydrogen-bond donors (Lipinski definition) is 0. The van der Waals surface area contributed by atoms with Gasteiger partial charge in [0, 0.05) is 5.92 Å². The van der Waals surface area contributed by atoms with Crippen LogP contribution in [0.3, 0.4) is 0 Å². The second-order valence-corrected chi connectivity index (χ2v) is 8.73. The fraction of sp³-hybridized carbons (Fsp3) is 0.269. The van der Waals surface area contributed by atoms with Gasteiger partial charge in [0.05, 0.1) is 9.13 Å². The van der Waals surface area contributed by atoms with Crippen LogP contribution >= 0.6 is 22.6 Å². The Morgan fingerprint density at radius 2 is 1.37 bits per heavy atom. The molecule has 0 aromatic heterocycles. The van der Waals surface area contributed by atoms with Crippen molar-refractivity contribution in [1.29, 1.82) is 0 Å². The Bertz CT molecular complexity index is 980. The van der Waals surface area contributed by atoms with Gasteiger partial charge in [0.2, 0.25) is 0 Å². The number of rotatable bonds is 8. The molecular formula is C26H25IO3. The Morgan fingerprint density at radius 3 is 1.97 bits per heavy atom. The average molecular weight is 512 g/mol. The normalized spacial score (nSPS) is 13.9. The minimum Gasteiger partial charge on any atom is -0.488 e. The fourth-order valence-corrected chi connectivity index (χ4v) is 4.64. The van der Waals surface area contributed by atoms with Gasteiger partial charge in [-0.15, -0.1) is 0 Å². The lowest BCUT2D eigenvalue weighted by Gasteiger charge is -2.18. The van der Waals surface area contributed by atoms with Crippen LogP contribution in [0.15, 0.2) is 72.8 Å². The highest BCUT2D eigenvalue weighted by molar-refractivity contribution is 14.1. The summed E-state index contributed by atoms with van der Waals surface area (Å²) in [7, 11) is 0. The van der Waals surface area contributed by atoms with Gasteiger partial charge in [-0.3, -0.25) is 4.79 Å². The zero-order chi connectivity index (χ0) is 20.8. The maximum absolute atomic E-state index is 13.2. The quantitative estimate of drug-likeness (QED) is 0.245. The standard InChI is InChI=1S/C26H25IO3/c27-24-23(29-17-19-9-3-1-4-10-19)16-15-22(25(28)21-13-7-8-14-21)26(24)30-18-20-11-5-2-6-12-20/h1-6,9-12,15-16,21H,7-8,13-14,17-18H2. The third-order valence-electron chi connectivity index (χ3n) is 5.52. The van der Waals surface area contributed by atoms with E-state index in [0.717, 1.165) is 46.1 Å². The lowest BCUT2D eigenvalue weighted by molar-refractivity contribution is 0.0918. The second kappa shape index (κ2) is 10.1. The van der Waals surface area contributed by atoms with Crippen molar-refractivity contribution in [3.8, 4) is 11.5 Å². The van der Waals surface area contributed by atoms with E-state index in [1.54, 1.807) is 0 Å². The molecule has 0 radical (unpaired) electrons. The molecule has 3 nitrogen and oxygen atoms in total. The summed E-state index contributed by atoms with van der Waals surface area (Å²) < 4.78 is 13.1. The van der Waals surface area contributed by atoms with Crippen LogP contribution in [0, 0.1) is 9.49 Å². The Labute approximate surface area is 191 Å². The van der Waals surface area contributed by atoms with Crippen molar-refractivity contribution in [3.05, 3.63) is 93.1 Å². The van der Waals surface area contributed by atoms with Crippen molar-refractivity contribution in [2.24, 2.45) is 5.92 Å². The third-order valence-corrected chi connectivity index (χ3v) is 6.54. The van der Waals surface area contributed by atoms with Crippen molar-refractivity contribution in [1.82, 2.24) is 0 Å². The lowest BCUT2D eigenvalue weighted by Crippen LogP contribution is -2.14. The SMILES string of the molecule is O=C(c1ccc(OCc2ccccc2)c(I)c1OCc1ccccc1)C1CCCC1. The zero-order valence-corrected chi connectivity index (χ0v) is 19.0. The van der Waals surface area contributed by atoms with Gasteiger partial charge in [-0.25, -0.2) is 0 Å². The topological polar surface area (TPSA) is 35.5 Å². The van der Waals surface area contributed by atoms with Gasteiger partial charge in [-0.1, -0.05) is 73.5 Å². The van der Waals surface area contributed by atoms with Crippen LogP contribution in [0.2, 0.25) is 0 Å². The molecule has 30 heavy (non-hydrogen) atoms. The molecule has 4 rings (SSSR count). The molecule has 3 aromatic carbocycles. The van der Waals surface area contributed by atoms with Crippen molar-refractivity contribution >= 4 is 28.4 Å². The Balaban J connectivity index is 1.60. The predicted octanol–water partition coefficient (Wildman–Crippen LogP) is 6.82. The maximum Gasteiger partial charge on any atom is 0.169 e. The average Bonchev–Trinajstić information content (AvgIpc) is 3.33. The lowest BCUT2D eigenvalue weighted by atomic mass is 9.95. The molecule has 0 amide bonds.